The molecule has 5 heteroatoms. The van der Waals surface area contributed by atoms with E-state index < -0.39 is 5.41 Å². The highest BCUT2D eigenvalue weighted by Crippen LogP contribution is 2.23. The number of nitrogens with zero attached hydrogens (tertiary/aromatic N) is 2. The largest absolute Gasteiger partial charge is 0.352 e. The molecule has 1 N–H and O–H groups in total. The van der Waals surface area contributed by atoms with Crippen molar-refractivity contribution in [3.8, 4) is 0 Å². The Bertz CT molecular complexity index is 395. The second-order valence-electron chi connectivity index (χ2n) is 7.16. The molecule has 0 radical (unpaired) electrons. The summed E-state index contributed by atoms with van der Waals surface area (Å²) in [6.45, 7) is 9.96. The molecule has 0 aromatic carbocycles. The van der Waals surface area contributed by atoms with Gasteiger partial charge in [0, 0.05) is 32.2 Å². The number of hydrogen-bond donors (Lipinski definition) is 1. The first-order chi connectivity index (χ1) is 10.4. The maximum atomic E-state index is 12.7. The lowest BCUT2D eigenvalue weighted by molar-refractivity contribution is -0.150. The summed E-state index contributed by atoms with van der Waals surface area (Å²) in [6.07, 6.45) is 5.71. The highest BCUT2D eigenvalue weighted by atomic mass is 16.2. The zero-order valence-corrected chi connectivity index (χ0v) is 14.4. The number of hydrogen-bond acceptors (Lipinski definition) is 3. The first-order valence-corrected chi connectivity index (χ1v) is 8.78. The van der Waals surface area contributed by atoms with Crippen molar-refractivity contribution in [3.63, 3.8) is 0 Å². The van der Waals surface area contributed by atoms with Crippen LogP contribution in [0.5, 0.6) is 0 Å². The van der Waals surface area contributed by atoms with Crippen molar-refractivity contribution in [2.75, 3.05) is 32.7 Å². The van der Waals surface area contributed by atoms with Crippen molar-refractivity contribution >= 4 is 11.8 Å². The summed E-state index contributed by atoms with van der Waals surface area (Å²) >= 11 is 0. The summed E-state index contributed by atoms with van der Waals surface area (Å²) in [6, 6.07) is 0.255. The van der Waals surface area contributed by atoms with E-state index in [-0.39, 0.29) is 17.9 Å². The van der Waals surface area contributed by atoms with Crippen LogP contribution in [-0.4, -0.2) is 60.4 Å². The predicted molar refractivity (Wildman–Crippen MR) is 87.5 cm³/mol. The van der Waals surface area contributed by atoms with Crippen molar-refractivity contribution in [1.29, 1.82) is 0 Å². The second kappa shape index (κ2) is 7.44. The standard InChI is InChI=1S/C17H31N3O2/c1-4-19-10-12-20(13-11-19)16(22)17(2,3)15(21)18-14-8-6-5-7-9-14/h14H,4-13H2,1-3H3,(H,18,21). The number of rotatable bonds is 4. The molecule has 1 saturated carbocycles. The number of carbonyl (C=O) groups is 2. The number of nitrogens with one attached hydrogen (secondary N) is 1. The quantitative estimate of drug-likeness (QED) is 0.803. The van der Waals surface area contributed by atoms with Gasteiger partial charge in [-0.3, -0.25) is 9.59 Å². The lowest BCUT2D eigenvalue weighted by Crippen LogP contribution is -2.56. The first kappa shape index (κ1) is 17.3. The Labute approximate surface area is 134 Å². The Balaban J connectivity index is 1.90. The SMILES string of the molecule is CCN1CCN(C(=O)C(C)(C)C(=O)NC2CCCCC2)CC1. The molecule has 1 aliphatic carbocycles. The molecule has 1 heterocycles. The summed E-state index contributed by atoms with van der Waals surface area (Å²) in [4.78, 5) is 29.5. The lowest BCUT2D eigenvalue weighted by atomic mass is 9.88. The Hall–Kier alpha value is -1.10. The fourth-order valence-electron chi connectivity index (χ4n) is 3.37. The van der Waals surface area contributed by atoms with Crippen molar-refractivity contribution in [3.05, 3.63) is 0 Å². The summed E-state index contributed by atoms with van der Waals surface area (Å²) < 4.78 is 0. The second-order valence-corrected chi connectivity index (χ2v) is 7.16. The Morgan fingerprint density at radius 1 is 1.05 bits per heavy atom. The molecule has 0 spiro atoms. The molecule has 0 aromatic rings. The maximum absolute atomic E-state index is 12.7. The van der Waals surface area contributed by atoms with Crippen LogP contribution >= 0.6 is 0 Å². The molecule has 2 amide bonds. The van der Waals surface area contributed by atoms with Crippen LogP contribution < -0.4 is 5.32 Å². The van der Waals surface area contributed by atoms with Crippen molar-refractivity contribution in [2.24, 2.45) is 5.41 Å². The van der Waals surface area contributed by atoms with Gasteiger partial charge < -0.3 is 15.1 Å². The van der Waals surface area contributed by atoms with Crippen LogP contribution in [0.2, 0.25) is 0 Å². The maximum Gasteiger partial charge on any atom is 0.237 e. The molecule has 0 bridgehead atoms. The molecule has 0 atom stereocenters. The zero-order valence-electron chi connectivity index (χ0n) is 14.4. The molecule has 2 rings (SSSR count). The zero-order chi connectivity index (χ0) is 16.2. The molecule has 5 nitrogen and oxygen atoms in total. The van der Waals surface area contributed by atoms with Gasteiger partial charge in [0.25, 0.3) is 0 Å². The first-order valence-electron chi connectivity index (χ1n) is 8.78. The number of amides is 2. The van der Waals surface area contributed by atoms with Gasteiger partial charge in [-0.25, -0.2) is 0 Å². The molecule has 1 aliphatic heterocycles. The van der Waals surface area contributed by atoms with E-state index in [1.165, 1.54) is 19.3 Å². The van der Waals surface area contributed by atoms with Crippen molar-refractivity contribution in [1.82, 2.24) is 15.1 Å². The summed E-state index contributed by atoms with van der Waals surface area (Å²) in [5.41, 5.74) is -0.966. The van der Waals surface area contributed by atoms with Gasteiger partial charge >= 0.3 is 0 Å². The number of likely N-dealkylation sites (N-methyl/N-ethyl adjacent to an activating group) is 1. The Morgan fingerprint density at radius 2 is 1.64 bits per heavy atom. The average molecular weight is 309 g/mol. The van der Waals surface area contributed by atoms with Crippen LogP contribution in [-0.2, 0) is 9.59 Å². The Kier molecular flexibility index (Phi) is 5.84. The van der Waals surface area contributed by atoms with Crippen molar-refractivity contribution in [2.45, 2.75) is 58.9 Å². The van der Waals surface area contributed by atoms with Gasteiger partial charge in [-0.05, 0) is 33.2 Å². The Morgan fingerprint density at radius 3 is 2.18 bits per heavy atom. The predicted octanol–water partition coefficient (Wildman–Crippen LogP) is 1.63. The highest BCUT2D eigenvalue weighted by Gasteiger charge is 2.40. The van der Waals surface area contributed by atoms with Gasteiger partial charge in [-0.15, -0.1) is 0 Å². The van der Waals surface area contributed by atoms with Crippen LogP contribution in [0.4, 0.5) is 0 Å². The molecule has 126 valence electrons. The third-order valence-electron chi connectivity index (χ3n) is 5.15. The van der Waals surface area contributed by atoms with E-state index in [1.807, 2.05) is 4.90 Å². The number of piperazine rings is 1. The van der Waals surface area contributed by atoms with Crippen LogP contribution in [0.25, 0.3) is 0 Å². The van der Waals surface area contributed by atoms with Gasteiger partial charge in [0.1, 0.15) is 5.41 Å². The monoisotopic (exact) mass is 309 g/mol. The van der Waals surface area contributed by atoms with E-state index in [1.54, 1.807) is 13.8 Å². The van der Waals surface area contributed by atoms with Gasteiger partial charge in [0.15, 0.2) is 0 Å². The van der Waals surface area contributed by atoms with Crippen LogP contribution in [0.15, 0.2) is 0 Å². The molecule has 0 unspecified atom stereocenters. The molecule has 2 fully saturated rings. The van der Waals surface area contributed by atoms with Gasteiger partial charge in [-0.1, -0.05) is 26.2 Å². The average Bonchev–Trinajstić information content (AvgIpc) is 2.55. The van der Waals surface area contributed by atoms with Gasteiger partial charge in [0.2, 0.25) is 11.8 Å². The fourth-order valence-corrected chi connectivity index (χ4v) is 3.37. The van der Waals surface area contributed by atoms with E-state index in [0.29, 0.717) is 0 Å². The van der Waals surface area contributed by atoms with E-state index in [0.717, 1.165) is 45.6 Å². The third kappa shape index (κ3) is 4.00. The molecular weight excluding hydrogens is 278 g/mol. The normalized spacial score (nSPS) is 21.7. The van der Waals surface area contributed by atoms with Crippen LogP contribution in [0.3, 0.4) is 0 Å². The van der Waals surface area contributed by atoms with Crippen molar-refractivity contribution < 1.29 is 9.59 Å². The molecule has 1 saturated heterocycles. The third-order valence-corrected chi connectivity index (χ3v) is 5.15. The minimum absolute atomic E-state index is 0.0310. The minimum atomic E-state index is -0.966. The molecule has 0 aromatic heterocycles. The van der Waals surface area contributed by atoms with Crippen LogP contribution in [0, 0.1) is 5.41 Å². The molecule has 2 aliphatic rings. The van der Waals surface area contributed by atoms with Gasteiger partial charge in [-0.2, -0.15) is 0 Å². The van der Waals surface area contributed by atoms with E-state index in [9.17, 15) is 9.59 Å². The highest BCUT2D eigenvalue weighted by molar-refractivity contribution is 6.04. The molecule has 22 heavy (non-hydrogen) atoms. The van der Waals surface area contributed by atoms with E-state index in [4.69, 9.17) is 0 Å². The number of carbonyl (C=O) groups excluding carboxylic acids is 2. The fraction of sp³-hybridized carbons (Fsp3) is 0.882. The van der Waals surface area contributed by atoms with Crippen LogP contribution in [0.1, 0.15) is 52.9 Å². The summed E-state index contributed by atoms with van der Waals surface area (Å²) in [5, 5.41) is 3.10. The van der Waals surface area contributed by atoms with E-state index >= 15 is 0 Å². The van der Waals surface area contributed by atoms with E-state index in [2.05, 4.69) is 17.1 Å². The molecular formula is C17H31N3O2. The lowest BCUT2D eigenvalue weighted by Gasteiger charge is -2.38. The smallest absolute Gasteiger partial charge is 0.237 e. The van der Waals surface area contributed by atoms with Gasteiger partial charge in [0.05, 0.1) is 0 Å². The topological polar surface area (TPSA) is 52.7 Å². The summed E-state index contributed by atoms with van der Waals surface area (Å²) in [7, 11) is 0. The minimum Gasteiger partial charge on any atom is -0.352 e. The summed E-state index contributed by atoms with van der Waals surface area (Å²) in [5.74, 6) is -0.140.